The number of benzene rings is 4. The van der Waals surface area contributed by atoms with Crippen molar-refractivity contribution in [3.63, 3.8) is 0 Å². The molecular formula is C26H20N6O. The number of urea groups is 1. The topological polar surface area (TPSA) is 91.8 Å². The second kappa shape index (κ2) is 9.15. The molecule has 7 heteroatoms. The minimum atomic E-state index is -0.441. The number of carbonyl (C=O) groups excluding carboxylic acids is 1. The Bertz CT molecular complexity index is 1400. The van der Waals surface area contributed by atoms with Crippen molar-refractivity contribution in [2.24, 2.45) is 0 Å². The number of rotatable bonds is 5. The molecule has 7 nitrogen and oxygen atoms in total. The Morgan fingerprint density at radius 3 is 2.03 bits per heavy atom. The normalized spacial score (nSPS) is 10.5. The average molecular weight is 432 g/mol. The van der Waals surface area contributed by atoms with Crippen LogP contribution in [0.5, 0.6) is 0 Å². The van der Waals surface area contributed by atoms with Gasteiger partial charge in [0.15, 0.2) is 0 Å². The highest BCUT2D eigenvalue weighted by Gasteiger charge is 2.14. The van der Waals surface area contributed by atoms with Crippen LogP contribution in [0.25, 0.3) is 33.3 Å². The number of amides is 2. The maximum Gasteiger partial charge on any atom is 0.337 e. The van der Waals surface area contributed by atoms with Crippen molar-refractivity contribution in [3.05, 3.63) is 103 Å². The van der Waals surface area contributed by atoms with Gasteiger partial charge in [-0.1, -0.05) is 97.1 Å². The zero-order chi connectivity index (χ0) is 22.5. The molecule has 0 aliphatic heterocycles. The first-order valence-electron chi connectivity index (χ1n) is 10.4. The van der Waals surface area contributed by atoms with Gasteiger partial charge >= 0.3 is 6.03 Å². The van der Waals surface area contributed by atoms with Gasteiger partial charge in [0.1, 0.15) is 11.4 Å². The SMILES string of the molecule is O=C(NNc1nnc(-c2ccccc2)c(-c2ccccc2)n1)Nc1cccc2ccccc12. The van der Waals surface area contributed by atoms with E-state index in [0.29, 0.717) is 17.1 Å². The number of fused-ring (bicyclic) bond motifs is 1. The van der Waals surface area contributed by atoms with Gasteiger partial charge < -0.3 is 5.32 Å². The molecule has 0 unspecified atom stereocenters. The molecule has 0 fully saturated rings. The van der Waals surface area contributed by atoms with E-state index in [0.717, 1.165) is 21.9 Å². The molecule has 5 rings (SSSR count). The third kappa shape index (κ3) is 4.47. The van der Waals surface area contributed by atoms with Crippen LogP contribution in [0.2, 0.25) is 0 Å². The molecule has 0 aliphatic carbocycles. The van der Waals surface area contributed by atoms with Crippen molar-refractivity contribution in [2.45, 2.75) is 0 Å². The Morgan fingerprint density at radius 1 is 0.636 bits per heavy atom. The molecule has 160 valence electrons. The van der Waals surface area contributed by atoms with E-state index in [1.54, 1.807) is 0 Å². The van der Waals surface area contributed by atoms with E-state index in [-0.39, 0.29) is 5.95 Å². The number of aromatic nitrogens is 3. The van der Waals surface area contributed by atoms with Gasteiger partial charge in [-0.15, -0.1) is 10.2 Å². The monoisotopic (exact) mass is 432 g/mol. The fourth-order valence-corrected chi connectivity index (χ4v) is 3.57. The third-order valence-electron chi connectivity index (χ3n) is 5.11. The number of anilines is 2. The van der Waals surface area contributed by atoms with Crippen LogP contribution >= 0.6 is 0 Å². The molecule has 5 aromatic rings. The summed E-state index contributed by atoms with van der Waals surface area (Å²) in [5.74, 6) is 0.182. The van der Waals surface area contributed by atoms with E-state index < -0.39 is 6.03 Å². The number of nitrogens with zero attached hydrogens (tertiary/aromatic N) is 3. The van der Waals surface area contributed by atoms with Gasteiger partial charge in [-0.25, -0.2) is 15.2 Å². The van der Waals surface area contributed by atoms with Crippen LogP contribution in [-0.4, -0.2) is 21.2 Å². The molecule has 0 atom stereocenters. The Hall–Kier alpha value is -4.78. The van der Waals surface area contributed by atoms with Gasteiger partial charge in [-0.3, -0.25) is 5.43 Å². The second-order valence-corrected chi connectivity index (χ2v) is 7.30. The Labute approximate surface area is 190 Å². The third-order valence-corrected chi connectivity index (χ3v) is 5.11. The summed E-state index contributed by atoms with van der Waals surface area (Å²) < 4.78 is 0. The predicted octanol–water partition coefficient (Wildman–Crippen LogP) is 5.51. The summed E-state index contributed by atoms with van der Waals surface area (Å²) in [5, 5.41) is 13.4. The first-order valence-corrected chi connectivity index (χ1v) is 10.4. The van der Waals surface area contributed by atoms with Crippen LogP contribution in [0.15, 0.2) is 103 Å². The van der Waals surface area contributed by atoms with Crippen molar-refractivity contribution in [3.8, 4) is 22.5 Å². The van der Waals surface area contributed by atoms with Crippen molar-refractivity contribution in [1.82, 2.24) is 20.6 Å². The van der Waals surface area contributed by atoms with Gasteiger partial charge in [0.05, 0.1) is 5.69 Å². The average Bonchev–Trinajstić information content (AvgIpc) is 2.89. The number of hydrogen-bond acceptors (Lipinski definition) is 5. The Kier molecular flexibility index (Phi) is 5.59. The standard InChI is InChI=1S/C26H20N6O/c33-26(27-22-17-9-15-18-10-7-8-16-21(18)22)32-31-25-28-23(19-11-3-1-4-12-19)24(29-30-25)20-13-5-2-6-14-20/h1-17H,(H2,27,32,33)(H,28,30,31). The molecule has 1 heterocycles. The number of nitrogens with one attached hydrogen (secondary N) is 3. The van der Waals surface area contributed by atoms with E-state index in [1.165, 1.54) is 0 Å². The summed E-state index contributed by atoms with van der Waals surface area (Å²) in [7, 11) is 0. The first kappa shape index (κ1) is 20.1. The summed E-state index contributed by atoms with van der Waals surface area (Å²) in [6.07, 6.45) is 0. The number of carbonyl (C=O) groups is 1. The molecule has 33 heavy (non-hydrogen) atoms. The van der Waals surface area contributed by atoms with Crippen LogP contribution in [-0.2, 0) is 0 Å². The highest BCUT2D eigenvalue weighted by Crippen LogP contribution is 2.28. The van der Waals surface area contributed by atoms with Crippen LogP contribution in [0.4, 0.5) is 16.4 Å². The van der Waals surface area contributed by atoms with E-state index in [1.807, 2.05) is 103 Å². The van der Waals surface area contributed by atoms with Gasteiger partial charge in [0, 0.05) is 16.5 Å². The van der Waals surface area contributed by atoms with E-state index in [2.05, 4.69) is 31.3 Å². The lowest BCUT2D eigenvalue weighted by Crippen LogP contribution is -2.34. The lowest BCUT2D eigenvalue weighted by atomic mass is 10.0. The van der Waals surface area contributed by atoms with Crippen LogP contribution in [0.1, 0.15) is 0 Å². The van der Waals surface area contributed by atoms with Crippen molar-refractivity contribution in [2.75, 3.05) is 10.7 Å². The van der Waals surface area contributed by atoms with Crippen LogP contribution in [0.3, 0.4) is 0 Å². The summed E-state index contributed by atoms with van der Waals surface area (Å²) in [5.41, 5.74) is 9.17. The van der Waals surface area contributed by atoms with Gasteiger partial charge in [0.25, 0.3) is 5.95 Å². The molecule has 0 bridgehead atoms. The fourth-order valence-electron chi connectivity index (χ4n) is 3.57. The number of hydrogen-bond donors (Lipinski definition) is 3. The Morgan fingerprint density at radius 2 is 1.27 bits per heavy atom. The Balaban J connectivity index is 1.37. The zero-order valence-electron chi connectivity index (χ0n) is 17.6. The second-order valence-electron chi connectivity index (χ2n) is 7.30. The van der Waals surface area contributed by atoms with Gasteiger partial charge in [-0.2, -0.15) is 0 Å². The molecule has 0 spiro atoms. The first-order chi connectivity index (χ1) is 16.3. The van der Waals surface area contributed by atoms with Crippen molar-refractivity contribution < 1.29 is 4.79 Å². The lowest BCUT2D eigenvalue weighted by molar-refractivity contribution is 0.253. The molecule has 0 saturated heterocycles. The van der Waals surface area contributed by atoms with Crippen LogP contribution in [0, 0.1) is 0 Å². The molecular weight excluding hydrogens is 412 g/mol. The van der Waals surface area contributed by atoms with E-state index in [4.69, 9.17) is 0 Å². The fraction of sp³-hybridized carbons (Fsp3) is 0. The summed E-state index contributed by atoms with van der Waals surface area (Å²) >= 11 is 0. The molecule has 0 saturated carbocycles. The van der Waals surface area contributed by atoms with Crippen molar-refractivity contribution in [1.29, 1.82) is 0 Å². The van der Waals surface area contributed by atoms with Gasteiger partial charge in [0.2, 0.25) is 0 Å². The minimum absolute atomic E-state index is 0.182. The molecule has 2 amide bonds. The highest BCUT2D eigenvalue weighted by molar-refractivity contribution is 6.01. The molecule has 3 N–H and O–H groups in total. The molecule has 1 aromatic heterocycles. The predicted molar refractivity (Wildman–Crippen MR) is 130 cm³/mol. The highest BCUT2D eigenvalue weighted by atomic mass is 16.2. The molecule has 0 aliphatic rings. The molecule has 4 aromatic carbocycles. The quantitative estimate of drug-likeness (QED) is 0.319. The van der Waals surface area contributed by atoms with E-state index in [9.17, 15) is 4.79 Å². The summed E-state index contributed by atoms with van der Waals surface area (Å²) in [4.78, 5) is 17.1. The maximum atomic E-state index is 12.5. The minimum Gasteiger partial charge on any atom is -0.306 e. The molecule has 0 radical (unpaired) electrons. The largest absolute Gasteiger partial charge is 0.337 e. The van der Waals surface area contributed by atoms with Gasteiger partial charge in [-0.05, 0) is 11.5 Å². The maximum absolute atomic E-state index is 12.5. The smallest absolute Gasteiger partial charge is 0.306 e. The van der Waals surface area contributed by atoms with E-state index >= 15 is 0 Å². The lowest BCUT2D eigenvalue weighted by Gasteiger charge is -2.12. The zero-order valence-corrected chi connectivity index (χ0v) is 17.6. The van der Waals surface area contributed by atoms with Crippen LogP contribution < -0.4 is 16.2 Å². The number of hydrazine groups is 1. The van der Waals surface area contributed by atoms with Crippen molar-refractivity contribution >= 4 is 28.4 Å². The summed E-state index contributed by atoms with van der Waals surface area (Å²) in [6, 6.07) is 32.6. The summed E-state index contributed by atoms with van der Waals surface area (Å²) in [6.45, 7) is 0.